The zero-order valence-electron chi connectivity index (χ0n) is 21.9. The fourth-order valence-electron chi connectivity index (χ4n) is 5.90. The quantitative estimate of drug-likeness (QED) is 0.379. The van der Waals surface area contributed by atoms with Crippen molar-refractivity contribution in [3.05, 3.63) is 88.1 Å². The molecule has 0 spiro atoms. The number of halogens is 1. The van der Waals surface area contributed by atoms with Crippen molar-refractivity contribution in [2.75, 3.05) is 27.9 Å². The van der Waals surface area contributed by atoms with E-state index >= 15 is 0 Å². The molecule has 6 rings (SSSR count). The Hall–Kier alpha value is -4.17. The highest BCUT2D eigenvalue weighted by Crippen LogP contribution is 2.47. The van der Waals surface area contributed by atoms with Crippen LogP contribution in [0, 0.1) is 0 Å². The molecule has 3 heterocycles. The molecule has 0 radical (unpaired) electrons. The molecule has 1 aromatic heterocycles. The van der Waals surface area contributed by atoms with Gasteiger partial charge in [0.25, 0.3) is 0 Å². The topological polar surface area (TPSA) is 84.1 Å². The van der Waals surface area contributed by atoms with Crippen LogP contribution in [0.25, 0.3) is 10.9 Å². The molecule has 1 fully saturated rings. The summed E-state index contributed by atoms with van der Waals surface area (Å²) in [6, 6.07) is 17.8. The van der Waals surface area contributed by atoms with Crippen LogP contribution in [0.4, 0.5) is 0 Å². The summed E-state index contributed by atoms with van der Waals surface area (Å²) in [7, 11) is 4.66. The number of hydrogen-bond donors (Lipinski definition) is 1. The van der Waals surface area contributed by atoms with Crippen LogP contribution >= 0.6 is 11.6 Å². The second kappa shape index (κ2) is 9.85. The predicted molar refractivity (Wildman–Crippen MR) is 147 cm³/mol. The van der Waals surface area contributed by atoms with Gasteiger partial charge >= 0.3 is 0 Å². The first kappa shape index (κ1) is 25.1. The molecule has 9 heteroatoms. The van der Waals surface area contributed by atoms with Crippen LogP contribution in [0.15, 0.2) is 60.7 Å². The zero-order valence-corrected chi connectivity index (χ0v) is 22.6. The first-order chi connectivity index (χ1) is 18.9. The molecule has 0 aliphatic carbocycles. The lowest BCUT2D eigenvalue weighted by Gasteiger charge is -2.47. The van der Waals surface area contributed by atoms with Gasteiger partial charge in [-0.05, 0) is 41.0 Å². The van der Waals surface area contributed by atoms with Crippen LogP contribution in [-0.4, -0.2) is 60.5 Å². The lowest BCUT2D eigenvalue weighted by molar-refractivity contribution is -0.159. The van der Waals surface area contributed by atoms with Crippen molar-refractivity contribution in [2.24, 2.45) is 0 Å². The van der Waals surface area contributed by atoms with Gasteiger partial charge in [0.1, 0.15) is 12.6 Å². The number of amides is 2. The summed E-state index contributed by atoms with van der Waals surface area (Å²) in [5.74, 6) is 1.16. The summed E-state index contributed by atoms with van der Waals surface area (Å²) in [6.07, 6.45) is 0.407. The Labute approximate surface area is 231 Å². The number of aromatic amines is 1. The van der Waals surface area contributed by atoms with Gasteiger partial charge in [-0.3, -0.25) is 9.59 Å². The molecule has 8 nitrogen and oxygen atoms in total. The molecule has 2 amide bonds. The Bertz CT molecular complexity index is 1570. The first-order valence-electron chi connectivity index (χ1n) is 12.7. The van der Waals surface area contributed by atoms with Crippen molar-refractivity contribution in [1.29, 1.82) is 0 Å². The Kier molecular flexibility index (Phi) is 6.35. The largest absolute Gasteiger partial charge is 0.493 e. The van der Waals surface area contributed by atoms with Crippen LogP contribution in [0.2, 0.25) is 5.02 Å². The highest BCUT2D eigenvalue weighted by Gasteiger charge is 2.48. The van der Waals surface area contributed by atoms with E-state index in [1.807, 2.05) is 54.6 Å². The third kappa shape index (κ3) is 4.06. The van der Waals surface area contributed by atoms with Crippen molar-refractivity contribution in [3.63, 3.8) is 0 Å². The molecular weight excluding hydrogens is 518 g/mol. The van der Waals surface area contributed by atoms with Crippen molar-refractivity contribution < 1.29 is 23.8 Å². The van der Waals surface area contributed by atoms with Crippen LogP contribution in [-0.2, 0) is 22.6 Å². The van der Waals surface area contributed by atoms with Gasteiger partial charge < -0.3 is 29.0 Å². The van der Waals surface area contributed by atoms with Crippen molar-refractivity contribution in [1.82, 2.24) is 14.8 Å². The van der Waals surface area contributed by atoms with Gasteiger partial charge in [-0.2, -0.15) is 0 Å². The van der Waals surface area contributed by atoms with E-state index in [4.69, 9.17) is 25.8 Å². The third-order valence-electron chi connectivity index (χ3n) is 7.66. The number of piperazine rings is 1. The van der Waals surface area contributed by atoms with E-state index in [-0.39, 0.29) is 24.9 Å². The summed E-state index contributed by atoms with van der Waals surface area (Å²) in [4.78, 5) is 34.8. The molecule has 2 atom stereocenters. The van der Waals surface area contributed by atoms with Crippen LogP contribution < -0.4 is 14.2 Å². The highest BCUT2D eigenvalue weighted by atomic mass is 35.5. The van der Waals surface area contributed by atoms with Gasteiger partial charge in [-0.1, -0.05) is 48.0 Å². The summed E-state index contributed by atoms with van der Waals surface area (Å²) >= 11 is 6.40. The van der Waals surface area contributed by atoms with E-state index in [0.717, 1.165) is 33.3 Å². The maximum atomic E-state index is 14.0. The van der Waals surface area contributed by atoms with E-state index in [2.05, 4.69) is 4.98 Å². The van der Waals surface area contributed by atoms with E-state index in [1.165, 1.54) is 0 Å². The number of methoxy groups -OCH3 is 3. The minimum Gasteiger partial charge on any atom is -0.493 e. The minimum atomic E-state index is -0.676. The molecule has 1 unspecified atom stereocenters. The predicted octanol–water partition coefficient (Wildman–Crippen LogP) is 4.73. The van der Waals surface area contributed by atoms with Gasteiger partial charge in [0.2, 0.25) is 17.6 Å². The fourth-order valence-corrected chi connectivity index (χ4v) is 6.09. The number of nitrogens with one attached hydrogen (secondary N) is 1. The minimum absolute atomic E-state index is 0.0446. The van der Waals surface area contributed by atoms with Gasteiger partial charge in [0.15, 0.2) is 11.5 Å². The number of ether oxygens (including phenoxy) is 3. The van der Waals surface area contributed by atoms with Crippen molar-refractivity contribution in [2.45, 2.75) is 25.0 Å². The van der Waals surface area contributed by atoms with Crippen molar-refractivity contribution in [3.8, 4) is 17.2 Å². The van der Waals surface area contributed by atoms with E-state index in [0.29, 0.717) is 28.7 Å². The Morgan fingerprint density at radius 3 is 2.33 bits per heavy atom. The van der Waals surface area contributed by atoms with Gasteiger partial charge in [-0.25, -0.2) is 0 Å². The number of nitrogens with zero attached hydrogens (tertiary/aromatic N) is 2. The molecule has 1 N–H and O–H groups in total. The van der Waals surface area contributed by atoms with Crippen LogP contribution in [0.3, 0.4) is 0 Å². The van der Waals surface area contributed by atoms with Gasteiger partial charge in [0.05, 0.1) is 27.4 Å². The Morgan fingerprint density at radius 2 is 1.64 bits per heavy atom. The number of para-hydroxylation sites is 1. The molecule has 3 aromatic carbocycles. The number of carbonyl (C=O) groups excluding carboxylic acids is 2. The summed E-state index contributed by atoms with van der Waals surface area (Å²) in [6.45, 7) is 0.223. The maximum Gasteiger partial charge on any atom is 0.246 e. The van der Waals surface area contributed by atoms with Gasteiger partial charge in [0, 0.05) is 34.6 Å². The van der Waals surface area contributed by atoms with Gasteiger partial charge in [-0.15, -0.1) is 0 Å². The average Bonchev–Trinajstić information content (AvgIpc) is 3.33. The number of fused-ring (bicyclic) bond motifs is 4. The second-order valence-electron chi connectivity index (χ2n) is 9.73. The molecule has 4 aromatic rings. The molecular formula is C30H28ClN3O5. The number of hydrogen-bond acceptors (Lipinski definition) is 5. The monoisotopic (exact) mass is 545 g/mol. The standard InChI is InChI=1S/C30H28ClN3O5/c1-37-24-12-18(13-25(38-2)29(24)39-3)28-27-20(19-9-5-7-11-22(19)32-27)14-23-30(36)33(16-26(35)34(23)28)15-17-8-4-6-10-21(17)31/h4-13,23,28,32H,14-16H2,1-3H3/t23-,28?/m0/s1. The second-order valence-corrected chi connectivity index (χ2v) is 10.1. The zero-order chi connectivity index (χ0) is 27.3. The number of aromatic nitrogens is 1. The van der Waals surface area contributed by atoms with E-state index in [9.17, 15) is 9.59 Å². The molecule has 2 aliphatic rings. The Balaban J connectivity index is 1.50. The Morgan fingerprint density at radius 1 is 0.949 bits per heavy atom. The average molecular weight is 546 g/mol. The lowest BCUT2D eigenvalue weighted by atomic mass is 9.86. The molecule has 1 saturated heterocycles. The number of carbonyl (C=O) groups is 2. The summed E-state index contributed by atoms with van der Waals surface area (Å²) in [5, 5.41) is 1.60. The third-order valence-corrected chi connectivity index (χ3v) is 8.03. The molecule has 200 valence electrons. The molecule has 2 aliphatic heterocycles. The van der Waals surface area contributed by atoms with E-state index in [1.54, 1.807) is 37.2 Å². The SMILES string of the molecule is COc1cc(C2c3[nH]c4ccccc4c3C[C@H]3C(=O)N(Cc4ccccc4Cl)CC(=O)N23)cc(OC)c1OC. The number of H-pyrrole nitrogens is 1. The molecule has 39 heavy (non-hydrogen) atoms. The fraction of sp³-hybridized carbons (Fsp3) is 0.267. The first-order valence-corrected chi connectivity index (χ1v) is 13.1. The maximum absolute atomic E-state index is 14.0. The van der Waals surface area contributed by atoms with E-state index < -0.39 is 12.1 Å². The smallest absolute Gasteiger partial charge is 0.246 e. The van der Waals surface area contributed by atoms with Crippen LogP contribution in [0.5, 0.6) is 17.2 Å². The normalized spacial score (nSPS) is 18.7. The highest BCUT2D eigenvalue weighted by molar-refractivity contribution is 6.31. The molecule has 0 bridgehead atoms. The summed E-state index contributed by atoms with van der Waals surface area (Å²) < 4.78 is 16.8. The lowest BCUT2D eigenvalue weighted by Crippen LogP contribution is -2.62. The van der Waals surface area contributed by atoms with Crippen molar-refractivity contribution >= 4 is 34.3 Å². The number of rotatable bonds is 6. The molecule has 0 saturated carbocycles. The summed E-state index contributed by atoms with van der Waals surface area (Å²) in [5.41, 5.74) is 4.41. The number of benzene rings is 3. The van der Waals surface area contributed by atoms with Crippen LogP contribution in [0.1, 0.15) is 28.4 Å².